The largest absolute Gasteiger partial charge is 0.507 e. The van der Waals surface area contributed by atoms with Crippen molar-refractivity contribution in [2.75, 3.05) is 40.4 Å². The SMILES string of the molecule is CCN(CC)CCN1C(=O)C(=O)/C(=C(/O)c2cccc([N+](=O)[O-])c2)C1c1ccc(OC)c(OC)c1. The molecule has 2 aromatic rings. The van der Waals surface area contributed by atoms with Crippen LogP contribution in [0.4, 0.5) is 5.69 Å². The maximum absolute atomic E-state index is 13.2. The van der Waals surface area contributed by atoms with Crippen molar-refractivity contribution in [1.29, 1.82) is 0 Å². The van der Waals surface area contributed by atoms with Crippen LogP contribution in [0.1, 0.15) is 31.0 Å². The minimum Gasteiger partial charge on any atom is -0.507 e. The molecular formula is C25H29N3O7. The van der Waals surface area contributed by atoms with Crippen molar-refractivity contribution in [2.45, 2.75) is 19.9 Å². The van der Waals surface area contributed by atoms with E-state index in [-0.39, 0.29) is 23.4 Å². The van der Waals surface area contributed by atoms with Crippen LogP contribution in [-0.2, 0) is 9.59 Å². The number of rotatable bonds is 10. The van der Waals surface area contributed by atoms with E-state index in [4.69, 9.17) is 9.47 Å². The number of carbonyl (C=O) groups is 2. The molecule has 186 valence electrons. The van der Waals surface area contributed by atoms with Gasteiger partial charge in [-0.05, 0) is 30.8 Å². The number of amides is 1. The van der Waals surface area contributed by atoms with E-state index in [0.717, 1.165) is 13.1 Å². The molecular weight excluding hydrogens is 454 g/mol. The first-order chi connectivity index (χ1) is 16.8. The number of benzene rings is 2. The fraction of sp³-hybridized carbons (Fsp3) is 0.360. The zero-order chi connectivity index (χ0) is 25.7. The number of nitrogens with zero attached hydrogens (tertiary/aromatic N) is 3. The Bertz CT molecular complexity index is 1160. The maximum atomic E-state index is 13.2. The number of carbonyl (C=O) groups excluding carboxylic acids is 2. The maximum Gasteiger partial charge on any atom is 0.295 e. The van der Waals surface area contributed by atoms with Crippen molar-refractivity contribution in [2.24, 2.45) is 0 Å². The van der Waals surface area contributed by atoms with Crippen molar-refractivity contribution in [3.8, 4) is 11.5 Å². The second-order valence-electron chi connectivity index (χ2n) is 7.94. The molecule has 1 heterocycles. The summed E-state index contributed by atoms with van der Waals surface area (Å²) < 4.78 is 10.7. The number of ether oxygens (including phenoxy) is 2. The third kappa shape index (κ3) is 5.12. The van der Waals surface area contributed by atoms with Crippen molar-refractivity contribution in [3.63, 3.8) is 0 Å². The fourth-order valence-corrected chi connectivity index (χ4v) is 4.19. The molecule has 1 aliphatic rings. The molecule has 35 heavy (non-hydrogen) atoms. The van der Waals surface area contributed by atoms with Crippen molar-refractivity contribution in [3.05, 3.63) is 69.3 Å². The molecule has 1 amide bonds. The number of Topliss-reactive ketones (excluding diaryl/α,β-unsaturated/α-hetero) is 1. The average Bonchev–Trinajstić information content (AvgIpc) is 3.13. The summed E-state index contributed by atoms with van der Waals surface area (Å²) in [4.78, 5) is 40.5. The topological polar surface area (TPSA) is 122 Å². The van der Waals surface area contributed by atoms with E-state index in [2.05, 4.69) is 4.90 Å². The number of aliphatic hydroxyl groups excluding tert-OH is 1. The minimum atomic E-state index is -0.912. The highest BCUT2D eigenvalue weighted by atomic mass is 16.6. The Morgan fingerprint density at radius 3 is 2.37 bits per heavy atom. The summed E-state index contributed by atoms with van der Waals surface area (Å²) in [6.45, 7) is 6.33. The van der Waals surface area contributed by atoms with Gasteiger partial charge in [-0.1, -0.05) is 32.0 Å². The number of nitro groups is 1. The second-order valence-corrected chi connectivity index (χ2v) is 7.94. The Balaban J connectivity index is 2.18. The molecule has 0 spiro atoms. The number of ketones is 1. The van der Waals surface area contributed by atoms with E-state index >= 15 is 0 Å². The second kappa shape index (κ2) is 11.0. The number of non-ortho nitro benzene ring substituents is 1. The number of hydrogen-bond donors (Lipinski definition) is 1. The van der Waals surface area contributed by atoms with Crippen LogP contribution in [0.15, 0.2) is 48.0 Å². The number of likely N-dealkylation sites (tertiary alicyclic amines) is 1. The predicted molar refractivity (Wildman–Crippen MR) is 129 cm³/mol. The molecule has 1 unspecified atom stereocenters. The van der Waals surface area contributed by atoms with E-state index in [1.807, 2.05) is 13.8 Å². The van der Waals surface area contributed by atoms with Gasteiger partial charge in [0.15, 0.2) is 11.5 Å². The summed E-state index contributed by atoms with van der Waals surface area (Å²) in [5, 5.41) is 22.4. The quantitative estimate of drug-likeness (QED) is 0.179. The lowest BCUT2D eigenvalue weighted by atomic mass is 9.95. The summed E-state index contributed by atoms with van der Waals surface area (Å²) in [6.07, 6.45) is 0. The van der Waals surface area contributed by atoms with Gasteiger partial charge in [-0.15, -0.1) is 0 Å². The summed E-state index contributed by atoms with van der Waals surface area (Å²) in [6, 6.07) is 9.42. The molecule has 0 bridgehead atoms. The van der Waals surface area contributed by atoms with Gasteiger partial charge in [0, 0.05) is 30.8 Å². The average molecular weight is 484 g/mol. The zero-order valence-corrected chi connectivity index (χ0v) is 20.2. The fourth-order valence-electron chi connectivity index (χ4n) is 4.19. The van der Waals surface area contributed by atoms with Crippen LogP contribution in [0.3, 0.4) is 0 Å². The molecule has 1 fully saturated rings. The lowest BCUT2D eigenvalue weighted by molar-refractivity contribution is -0.384. The Morgan fingerprint density at radius 2 is 1.77 bits per heavy atom. The molecule has 1 saturated heterocycles. The third-order valence-corrected chi connectivity index (χ3v) is 6.15. The monoisotopic (exact) mass is 483 g/mol. The Kier molecular flexibility index (Phi) is 8.08. The van der Waals surface area contributed by atoms with Crippen LogP contribution >= 0.6 is 0 Å². The number of aliphatic hydroxyl groups is 1. The molecule has 0 aliphatic carbocycles. The van der Waals surface area contributed by atoms with Gasteiger partial charge in [0.1, 0.15) is 5.76 Å². The number of methoxy groups -OCH3 is 2. The summed E-state index contributed by atoms with van der Waals surface area (Å²) >= 11 is 0. The first-order valence-electron chi connectivity index (χ1n) is 11.2. The highest BCUT2D eigenvalue weighted by Crippen LogP contribution is 2.42. The van der Waals surface area contributed by atoms with Gasteiger partial charge in [-0.25, -0.2) is 0 Å². The van der Waals surface area contributed by atoms with Gasteiger partial charge < -0.3 is 24.4 Å². The van der Waals surface area contributed by atoms with E-state index in [9.17, 15) is 24.8 Å². The molecule has 0 radical (unpaired) electrons. The van der Waals surface area contributed by atoms with Gasteiger partial charge in [-0.3, -0.25) is 19.7 Å². The molecule has 0 saturated carbocycles. The lowest BCUT2D eigenvalue weighted by Crippen LogP contribution is -2.38. The van der Waals surface area contributed by atoms with Crippen LogP contribution < -0.4 is 9.47 Å². The molecule has 0 aromatic heterocycles. The Labute approximate surface area is 203 Å². The van der Waals surface area contributed by atoms with Crippen LogP contribution in [0.25, 0.3) is 5.76 Å². The number of nitro benzene ring substituents is 1. The lowest BCUT2D eigenvalue weighted by Gasteiger charge is -2.28. The molecule has 1 aliphatic heterocycles. The van der Waals surface area contributed by atoms with Gasteiger partial charge in [0.05, 0.1) is 30.8 Å². The van der Waals surface area contributed by atoms with Crippen LogP contribution in [-0.4, -0.2) is 71.9 Å². The molecule has 1 N–H and O–H groups in total. The van der Waals surface area contributed by atoms with Gasteiger partial charge >= 0.3 is 0 Å². The molecule has 3 rings (SSSR count). The Hall–Kier alpha value is -3.92. The van der Waals surface area contributed by atoms with E-state index in [0.29, 0.717) is 23.6 Å². The molecule has 2 aromatic carbocycles. The Morgan fingerprint density at radius 1 is 1.09 bits per heavy atom. The van der Waals surface area contributed by atoms with Crippen LogP contribution in [0.2, 0.25) is 0 Å². The van der Waals surface area contributed by atoms with E-state index in [1.54, 1.807) is 18.2 Å². The van der Waals surface area contributed by atoms with Gasteiger partial charge in [-0.2, -0.15) is 0 Å². The first kappa shape index (κ1) is 25.7. The van der Waals surface area contributed by atoms with E-state index in [1.165, 1.54) is 43.4 Å². The first-order valence-corrected chi connectivity index (χ1v) is 11.2. The van der Waals surface area contributed by atoms with Gasteiger partial charge in [0.2, 0.25) is 0 Å². The normalized spacial score (nSPS) is 17.2. The summed E-state index contributed by atoms with van der Waals surface area (Å²) in [5.74, 6) is -1.21. The van der Waals surface area contributed by atoms with Crippen molar-refractivity contribution in [1.82, 2.24) is 9.80 Å². The smallest absolute Gasteiger partial charge is 0.295 e. The van der Waals surface area contributed by atoms with Crippen LogP contribution in [0.5, 0.6) is 11.5 Å². The molecule has 1 atom stereocenters. The van der Waals surface area contributed by atoms with Crippen molar-refractivity contribution < 1.29 is 29.1 Å². The number of likely N-dealkylation sites (N-methyl/N-ethyl adjacent to an activating group) is 1. The van der Waals surface area contributed by atoms with E-state index < -0.39 is 28.4 Å². The van der Waals surface area contributed by atoms with Crippen molar-refractivity contribution >= 4 is 23.1 Å². The highest BCUT2D eigenvalue weighted by molar-refractivity contribution is 6.46. The summed E-state index contributed by atoms with van der Waals surface area (Å²) in [7, 11) is 2.97. The standard InChI is InChI=1S/C25H29N3O7/c1-5-26(6-2)12-13-27-22(16-10-11-19(34-3)20(15-16)35-4)21(24(30)25(27)31)23(29)17-8-7-9-18(14-17)28(32)33/h7-11,14-15,22,29H,5-6,12-13H2,1-4H3/b23-21+. The van der Waals surface area contributed by atoms with Crippen LogP contribution in [0, 0.1) is 10.1 Å². The minimum absolute atomic E-state index is 0.0754. The third-order valence-electron chi connectivity index (χ3n) is 6.15. The summed E-state index contributed by atoms with van der Waals surface area (Å²) in [5.41, 5.74) is 0.231. The predicted octanol–water partition coefficient (Wildman–Crippen LogP) is 3.38. The molecule has 10 nitrogen and oxygen atoms in total. The highest BCUT2D eigenvalue weighted by Gasteiger charge is 2.46. The molecule has 10 heteroatoms. The zero-order valence-electron chi connectivity index (χ0n) is 20.2. The van der Waals surface area contributed by atoms with Gasteiger partial charge in [0.25, 0.3) is 17.4 Å². The number of hydrogen-bond acceptors (Lipinski definition) is 8.